The molecule has 0 saturated carbocycles. The van der Waals surface area contributed by atoms with Crippen molar-refractivity contribution >= 4 is 42.1 Å². The van der Waals surface area contributed by atoms with Gasteiger partial charge in [-0.25, -0.2) is 0 Å². The lowest BCUT2D eigenvalue weighted by Crippen LogP contribution is -2.18. The van der Waals surface area contributed by atoms with Gasteiger partial charge in [-0.3, -0.25) is 9.36 Å². The summed E-state index contributed by atoms with van der Waals surface area (Å²) in [5.41, 5.74) is 0.844. The molecule has 0 aliphatic heterocycles. The Morgan fingerprint density at radius 1 is 1.04 bits per heavy atom. The van der Waals surface area contributed by atoms with E-state index in [1.165, 1.54) is 0 Å². The summed E-state index contributed by atoms with van der Waals surface area (Å²) < 4.78 is 13.0. The molecule has 5 heteroatoms. The van der Waals surface area contributed by atoms with Crippen LogP contribution in [0.5, 0.6) is 0 Å². The zero-order valence-electron chi connectivity index (χ0n) is 15.6. The Morgan fingerprint density at radius 3 is 2.19 bits per heavy atom. The van der Waals surface area contributed by atoms with Crippen molar-refractivity contribution in [3.63, 3.8) is 0 Å². The molecule has 0 heterocycles. The van der Waals surface area contributed by atoms with Gasteiger partial charge in [-0.15, -0.1) is 0 Å². The average Bonchev–Trinajstić information content (AvgIpc) is 2.52. The van der Waals surface area contributed by atoms with E-state index >= 15 is 0 Å². The Morgan fingerprint density at radius 2 is 1.62 bits per heavy atom. The summed E-state index contributed by atoms with van der Waals surface area (Å²) in [5, 5.41) is 1.17. The van der Waals surface area contributed by atoms with Crippen LogP contribution in [-0.4, -0.2) is 11.9 Å². The number of rotatable bonds is 6. The Hall–Kier alpha value is -1.21. The maximum Gasteiger partial charge on any atom is 0.197 e. The van der Waals surface area contributed by atoms with Crippen LogP contribution in [0.15, 0.2) is 42.5 Å². The minimum atomic E-state index is -1.69. The highest BCUT2D eigenvalue weighted by Gasteiger charge is 2.24. The molecule has 0 amide bonds. The lowest BCUT2D eigenvalue weighted by atomic mass is 9.86. The highest BCUT2D eigenvalue weighted by atomic mass is 35.5. The summed E-state index contributed by atoms with van der Waals surface area (Å²) in [6.07, 6.45) is 1.52. The van der Waals surface area contributed by atoms with Gasteiger partial charge in [-0.1, -0.05) is 69.1 Å². The number of carbonyl (C=O) groups excluding carboxylic acids is 1. The second-order valence-corrected chi connectivity index (χ2v) is 10.3. The van der Waals surface area contributed by atoms with E-state index < -0.39 is 7.80 Å². The Kier molecular flexibility index (Phi) is 7.02. The van der Waals surface area contributed by atoms with Crippen LogP contribution < -0.4 is 5.30 Å². The average molecular weight is 410 g/mol. The standard InChI is InChI=1S/C21H24Cl2O2P/c1-14(12-21(2,3)4)13-26(25)18-11-6-5-8-15(18)20(24)19-16(22)9-7-10-17(19)23/h5-11,14H,12-13H2,1-4H3. The van der Waals surface area contributed by atoms with Gasteiger partial charge in [0.05, 0.1) is 15.6 Å². The molecule has 2 aromatic rings. The van der Waals surface area contributed by atoms with Crippen LogP contribution in [0.2, 0.25) is 10.0 Å². The van der Waals surface area contributed by atoms with Crippen LogP contribution in [0.1, 0.15) is 50.0 Å². The second-order valence-electron chi connectivity index (χ2n) is 7.87. The molecule has 2 rings (SSSR count). The van der Waals surface area contributed by atoms with E-state index in [0.717, 1.165) is 6.42 Å². The van der Waals surface area contributed by atoms with Crippen molar-refractivity contribution in [3.05, 3.63) is 63.6 Å². The fourth-order valence-electron chi connectivity index (χ4n) is 3.22. The maximum absolute atomic E-state index is 13.0. The minimum Gasteiger partial charge on any atom is -0.288 e. The zero-order valence-corrected chi connectivity index (χ0v) is 18.0. The predicted octanol–water partition coefficient (Wildman–Crippen LogP) is 6.75. The molecule has 0 bridgehead atoms. The van der Waals surface area contributed by atoms with E-state index in [-0.39, 0.29) is 16.8 Å². The third-order valence-electron chi connectivity index (χ3n) is 4.05. The van der Waals surface area contributed by atoms with Gasteiger partial charge < -0.3 is 0 Å². The van der Waals surface area contributed by atoms with Crippen molar-refractivity contribution in [1.82, 2.24) is 0 Å². The predicted molar refractivity (Wildman–Crippen MR) is 112 cm³/mol. The van der Waals surface area contributed by atoms with Gasteiger partial charge in [0.1, 0.15) is 7.80 Å². The molecule has 2 unspecified atom stereocenters. The number of carbonyl (C=O) groups is 1. The van der Waals surface area contributed by atoms with Crippen molar-refractivity contribution in [3.8, 4) is 0 Å². The first-order chi connectivity index (χ1) is 12.1. The minimum absolute atomic E-state index is 0.177. The molecule has 0 aliphatic carbocycles. The fourth-order valence-corrected chi connectivity index (χ4v) is 5.38. The fraction of sp³-hybridized carbons (Fsp3) is 0.381. The monoisotopic (exact) mass is 409 g/mol. The normalized spacial score (nSPS) is 13.4. The quantitative estimate of drug-likeness (QED) is 0.390. The molecular weight excluding hydrogens is 386 g/mol. The number of halogens is 2. The Balaban J connectivity index is 2.33. The topological polar surface area (TPSA) is 34.1 Å². The Labute approximate surface area is 166 Å². The summed E-state index contributed by atoms with van der Waals surface area (Å²) in [4.78, 5) is 13.0. The van der Waals surface area contributed by atoms with Gasteiger partial charge >= 0.3 is 0 Å². The number of ketones is 1. The molecule has 0 spiro atoms. The lowest BCUT2D eigenvalue weighted by molar-refractivity contribution is 0.104. The smallest absolute Gasteiger partial charge is 0.197 e. The molecule has 1 radical (unpaired) electrons. The maximum atomic E-state index is 13.0. The van der Waals surface area contributed by atoms with Crippen molar-refractivity contribution < 1.29 is 9.36 Å². The van der Waals surface area contributed by atoms with Crippen molar-refractivity contribution in [2.75, 3.05) is 6.16 Å². The van der Waals surface area contributed by atoms with Gasteiger partial charge in [0.25, 0.3) is 0 Å². The van der Waals surface area contributed by atoms with Gasteiger partial charge in [-0.05, 0) is 42.0 Å². The SMILES string of the molecule is CC(C[P](=O)c1ccccc1C(=O)c1c(Cl)cccc1Cl)CC(C)(C)C. The van der Waals surface area contributed by atoms with E-state index in [9.17, 15) is 9.36 Å². The summed E-state index contributed by atoms with van der Waals surface area (Å²) >= 11 is 12.4. The largest absolute Gasteiger partial charge is 0.288 e. The zero-order chi connectivity index (χ0) is 19.5. The molecule has 0 saturated heterocycles. The molecular formula is C21H24Cl2O2P. The number of hydrogen-bond donors (Lipinski definition) is 0. The van der Waals surface area contributed by atoms with Crippen LogP contribution in [0, 0.1) is 11.3 Å². The van der Waals surface area contributed by atoms with Crippen molar-refractivity contribution in [2.45, 2.75) is 34.1 Å². The molecule has 26 heavy (non-hydrogen) atoms. The first-order valence-corrected chi connectivity index (χ1v) is 10.8. The first kappa shape index (κ1) is 21.1. The van der Waals surface area contributed by atoms with E-state index in [4.69, 9.17) is 23.2 Å². The van der Waals surface area contributed by atoms with Crippen LogP contribution in [0.3, 0.4) is 0 Å². The molecule has 0 aromatic heterocycles. The van der Waals surface area contributed by atoms with Crippen LogP contribution in [0.25, 0.3) is 0 Å². The number of hydrogen-bond acceptors (Lipinski definition) is 2. The second kappa shape index (κ2) is 8.65. The summed E-state index contributed by atoms with van der Waals surface area (Å²) in [6.45, 7) is 8.63. The molecule has 2 aromatic carbocycles. The lowest BCUT2D eigenvalue weighted by Gasteiger charge is -2.23. The third-order valence-corrected chi connectivity index (χ3v) is 6.56. The van der Waals surface area contributed by atoms with E-state index in [2.05, 4.69) is 27.7 Å². The van der Waals surface area contributed by atoms with Crippen LogP contribution in [-0.2, 0) is 4.57 Å². The molecule has 0 aliphatic rings. The third kappa shape index (κ3) is 5.39. The van der Waals surface area contributed by atoms with E-state index in [1.807, 2.05) is 6.07 Å². The molecule has 0 fully saturated rings. The molecule has 139 valence electrons. The van der Waals surface area contributed by atoms with Crippen molar-refractivity contribution in [2.24, 2.45) is 11.3 Å². The van der Waals surface area contributed by atoms with Gasteiger partial charge in [0.2, 0.25) is 0 Å². The summed E-state index contributed by atoms with van der Waals surface area (Å²) in [7, 11) is -1.69. The van der Waals surface area contributed by atoms with Gasteiger partial charge in [0, 0.05) is 17.0 Å². The molecule has 2 atom stereocenters. The molecule has 2 nitrogen and oxygen atoms in total. The van der Waals surface area contributed by atoms with Crippen molar-refractivity contribution in [1.29, 1.82) is 0 Å². The highest BCUT2D eigenvalue weighted by molar-refractivity contribution is 7.53. The first-order valence-electron chi connectivity index (χ1n) is 8.62. The molecule has 0 N–H and O–H groups in total. The summed E-state index contributed by atoms with van der Waals surface area (Å²) in [6, 6.07) is 12.0. The van der Waals surface area contributed by atoms with Crippen LogP contribution in [0.4, 0.5) is 0 Å². The highest BCUT2D eigenvalue weighted by Crippen LogP contribution is 2.33. The summed E-state index contributed by atoms with van der Waals surface area (Å²) in [5.74, 6) is 0.00805. The number of benzene rings is 2. The van der Waals surface area contributed by atoms with E-state index in [0.29, 0.717) is 33.0 Å². The van der Waals surface area contributed by atoms with Gasteiger partial charge in [-0.2, -0.15) is 0 Å². The van der Waals surface area contributed by atoms with E-state index in [1.54, 1.807) is 36.4 Å². The van der Waals surface area contributed by atoms with Crippen LogP contribution >= 0.6 is 31.0 Å². The van der Waals surface area contributed by atoms with Gasteiger partial charge in [0.15, 0.2) is 5.78 Å². The Bertz CT molecular complexity index is 805.